The molecule has 0 N–H and O–H groups in total. The molecule has 3 atom stereocenters. The Morgan fingerprint density at radius 3 is 2.55 bits per heavy atom. The summed E-state index contributed by atoms with van der Waals surface area (Å²) in [6.07, 6.45) is 8.07. The molecule has 2 saturated heterocycles. The van der Waals surface area contributed by atoms with Crippen molar-refractivity contribution in [3.63, 3.8) is 0 Å². The lowest BCUT2D eigenvalue weighted by Crippen LogP contribution is -2.48. The van der Waals surface area contributed by atoms with Crippen LogP contribution in [0.1, 0.15) is 46.5 Å². The number of hydrogen-bond donors (Lipinski definition) is 0. The van der Waals surface area contributed by atoms with Crippen LogP contribution in [-0.4, -0.2) is 37.9 Å². The summed E-state index contributed by atoms with van der Waals surface area (Å²) < 4.78 is 8.95. The van der Waals surface area contributed by atoms with Crippen molar-refractivity contribution >= 4 is 30.9 Å². The summed E-state index contributed by atoms with van der Waals surface area (Å²) in [5.41, 5.74) is 0. The van der Waals surface area contributed by atoms with E-state index < -0.39 is 8.32 Å². The van der Waals surface area contributed by atoms with Gasteiger partial charge in [0.15, 0.2) is 8.32 Å². The molecule has 2 nitrogen and oxygen atoms in total. The first-order valence-electron chi connectivity index (χ1n) is 7.97. The highest BCUT2D eigenvalue weighted by atomic mass is 127. The molecule has 2 heterocycles. The van der Waals surface area contributed by atoms with Crippen molar-refractivity contribution in [2.24, 2.45) is 0 Å². The monoisotopic (exact) mass is 407 g/mol. The largest absolute Gasteiger partial charge is 0.412 e. The van der Waals surface area contributed by atoms with Crippen molar-refractivity contribution in [3.8, 4) is 0 Å². The van der Waals surface area contributed by atoms with E-state index in [1.807, 2.05) is 0 Å². The van der Waals surface area contributed by atoms with Crippen LogP contribution >= 0.6 is 22.6 Å². The third-order valence-electron chi connectivity index (χ3n) is 5.47. The topological polar surface area (TPSA) is 12.5 Å². The van der Waals surface area contributed by atoms with Crippen LogP contribution in [0.3, 0.4) is 0 Å². The number of hydrogen-bond acceptors (Lipinski definition) is 2. The normalized spacial score (nSPS) is 32.8. The molecule has 2 aliphatic rings. The molecule has 0 aromatic heterocycles. The Balaban J connectivity index is 2.12. The quantitative estimate of drug-likeness (QED) is 0.485. The summed E-state index contributed by atoms with van der Waals surface area (Å²) in [6.45, 7) is 13.1. The van der Waals surface area contributed by atoms with Crippen LogP contribution in [0.2, 0.25) is 18.1 Å². The van der Waals surface area contributed by atoms with E-state index in [-0.39, 0.29) is 0 Å². The first-order chi connectivity index (χ1) is 9.26. The number of piperidine rings is 1. The summed E-state index contributed by atoms with van der Waals surface area (Å²) in [4.78, 5) is 2.70. The number of halogens is 1. The van der Waals surface area contributed by atoms with Gasteiger partial charge in [-0.15, -0.1) is 0 Å². The van der Waals surface area contributed by atoms with Crippen LogP contribution < -0.4 is 0 Å². The average Bonchev–Trinajstić information content (AvgIpc) is 2.67. The van der Waals surface area contributed by atoms with Crippen molar-refractivity contribution in [2.45, 2.75) is 82.8 Å². The second kappa shape index (κ2) is 6.38. The molecule has 116 valence electrons. The number of rotatable bonds is 3. The van der Waals surface area contributed by atoms with Gasteiger partial charge in [-0.1, -0.05) is 55.9 Å². The second-order valence-corrected chi connectivity index (χ2v) is 13.3. The molecule has 0 aliphatic carbocycles. The van der Waals surface area contributed by atoms with Crippen molar-refractivity contribution in [2.75, 3.05) is 6.54 Å². The molecular formula is C16H30INOSi. The van der Waals surface area contributed by atoms with Gasteiger partial charge in [0, 0.05) is 12.1 Å². The fraction of sp³-hybridized carbons (Fsp3) is 0.875. The van der Waals surface area contributed by atoms with Crippen molar-refractivity contribution in [1.29, 1.82) is 0 Å². The highest BCUT2D eigenvalue weighted by molar-refractivity contribution is 14.1. The molecule has 0 spiro atoms. The first kappa shape index (κ1) is 17.0. The highest BCUT2D eigenvalue weighted by Crippen LogP contribution is 2.42. The van der Waals surface area contributed by atoms with E-state index in [1.165, 1.54) is 32.2 Å². The van der Waals surface area contributed by atoms with Crippen LogP contribution in [0, 0.1) is 0 Å². The SMILES string of the molecule is CC(C)(C)[Si](C)(C)O[C@@H]1C[C@@H](/C=C/I)N2CCCC[C@H]12. The molecule has 2 rings (SSSR count). The summed E-state index contributed by atoms with van der Waals surface area (Å²) in [6, 6.07) is 1.27. The smallest absolute Gasteiger partial charge is 0.192 e. The molecular weight excluding hydrogens is 377 g/mol. The van der Waals surface area contributed by atoms with Crippen LogP contribution in [0.15, 0.2) is 10.2 Å². The van der Waals surface area contributed by atoms with Gasteiger partial charge in [0.1, 0.15) is 0 Å². The zero-order valence-electron chi connectivity index (χ0n) is 13.7. The van der Waals surface area contributed by atoms with Gasteiger partial charge >= 0.3 is 0 Å². The summed E-state index contributed by atoms with van der Waals surface area (Å²) in [5, 5.41) is 0.309. The Morgan fingerprint density at radius 2 is 1.95 bits per heavy atom. The van der Waals surface area contributed by atoms with Crippen LogP contribution in [-0.2, 0) is 4.43 Å². The van der Waals surface area contributed by atoms with Gasteiger partial charge in [0.2, 0.25) is 0 Å². The third-order valence-corrected chi connectivity index (χ3v) is 10.4. The maximum absolute atomic E-state index is 6.77. The van der Waals surface area contributed by atoms with Gasteiger partial charge in [-0.05, 0) is 48.0 Å². The summed E-state index contributed by atoms with van der Waals surface area (Å²) in [5.74, 6) is 0. The fourth-order valence-electron chi connectivity index (χ4n) is 3.28. The van der Waals surface area contributed by atoms with E-state index in [1.54, 1.807) is 0 Å². The van der Waals surface area contributed by atoms with Gasteiger partial charge < -0.3 is 4.43 Å². The zero-order valence-corrected chi connectivity index (χ0v) is 16.8. The Bertz CT molecular complexity index is 364. The molecule has 0 aromatic rings. The van der Waals surface area contributed by atoms with E-state index in [2.05, 4.69) is 71.5 Å². The van der Waals surface area contributed by atoms with E-state index in [0.29, 0.717) is 23.2 Å². The minimum atomic E-state index is -1.65. The van der Waals surface area contributed by atoms with Crippen LogP contribution in [0.5, 0.6) is 0 Å². The highest BCUT2D eigenvalue weighted by Gasteiger charge is 2.46. The molecule has 20 heavy (non-hydrogen) atoms. The molecule has 0 bridgehead atoms. The maximum atomic E-state index is 6.77. The molecule has 0 amide bonds. The average molecular weight is 407 g/mol. The lowest BCUT2D eigenvalue weighted by Gasteiger charge is -2.41. The minimum Gasteiger partial charge on any atom is -0.412 e. The molecule has 0 unspecified atom stereocenters. The zero-order chi connectivity index (χ0) is 15.0. The van der Waals surface area contributed by atoms with Gasteiger partial charge in [0.25, 0.3) is 0 Å². The molecule has 0 aromatic carbocycles. The van der Waals surface area contributed by atoms with E-state index in [0.717, 1.165) is 0 Å². The van der Waals surface area contributed by atoms with Crippen molar-refractivity contribution in [1.82, 2.24) is 4.90 Å². The maximum Gasteiger partial charge on any atom is 0.192 e. The van der Waals surface area contributed by atoms with Crippen LogP contribution in [0.25, 0.3) is 0 Å². The Morgan fingerprint density at radius 1 is 1.25 bits per heavy atom. The van der Waals surface area contributed by atoms with Crippen LogP contribution in [0.4, 0.5) is 0 Å². The standard InChI is InChI=1S/C16H30INOSi/c1-16(2,3)20(4,5)19-15-12-13(9-10-17)18-11-7-6-8-14(15)18/h9-10,13-15H,6-8,11-12H2,1-5H3/b10-9+/t13-,14-,15-/m1/s1. The first-order valence-corrected chi connectivity index (χ1v) is 12.1. The minimum absolute atomic E-state index is 0.309. The predicted molar refractivity (Wildman–Crippen MR) is 98.0 cm³/mol. The number of nitrogens with zero attached hydrogens (tertiary/aromatic N) is 1. The predicted octanol–water partition coefficient (Wildman–Crippen LogP) is 4.95. The molecule has 0 saturated carbocycles. The van der Waals surface area contributed by atoms with Gasteiger partial charge in [-0.2, -0.15) is 0 Å². The van der Waals surface area contributed by atoms with Gasteiger partial charge in [-0.25, -0.2) is 0 Å². The van der Waals surface area contributed by atoms with Crippen molar-refractivity contribution < 1.29 is 4.43 Å². The van der Waals surface area contributed by atoms with E-state index in [9.17, 15) is 0 Å². The van der Waals surface area contributed by atoms with Gasteiger partial charge in [0.05, 0.1) is 6.10 Å². The lowest BCUT2D eigenvalue weighted by molar-refractivity contribution is 0.0921. The Kier molecular flexibility index (Phi) is 5.42. The number of fused-ring (bicyclic) bond motifs is 1. The lowest BCUT2D eigenvalue weighted by atomic mass is 10.0. The van der Waals surface area contributed by atoms with Crippen molar-refractivity contribution in [3.05, 3.63) is 10.2 Å². The Labute approximate surface area is 139 Å². The third kappa shape index (κ3) is 3.50. The molecule has 0 radical (unpaired) electrons. The summed E-state index contributed by atoms with van der Waals surface area (Å²) >= 11 is 2.35. The van der Waals surface area contributed by atoms with Gasteiger partial charge in [-0.3, -0.25) is 4.90 Å². The molecule has 2 aliphatic heterocycles. The van der Waals surface area contributed by atoms with E-state index >= 15 is 0 Å². The molecule has 4 heteroatoms. The second-order valence-electron chi connectivity index (χ2n) is 7.84. The molecule has 2 fully saturated rings. The summed E-state index contributed by atoms with van der Waals surface area (Å²) in [7, 11) is -1.65. The Hall–Kier alpha value is 0.607. The fourth-order valence-corrected chi connectivity index (χ4v) is 5.12. The van der Waals surface area contributed by atoms with E-state index in [4.69, 9.17) is 4.43 Å².